The molecule has 0 spiro atoms. The van der Waals surface area contributed by atoms with Crippen LogP contribution in [0.5, 0.6) is 0 Å². The number of hydrogen-bond donors (Lipinski definition) is 0. The molecule has 0 aliphatic carbocycles. The van der Waals surface area contributed by atoms with E-state index in [0.717, 1.165) is 71.8 Å². The van der Waals surface area contributed by atoms with Crippen molar-refractivity contribution in [2.24, 2.45) is 35.5 Å². The van der Waals surface area contributed by atoms with E-state index in [1.165, 1.54) is 70.0 Å². The maximum atomic E-state index is 2.41. The molecule has 4 aliphatic rings. The minimum Gasteiger partial charge on any atom is -0.324 e. The molecule has 0 amide bonds. The first-order valence-electron chi connectivity index (χ1n) is 19.4. The first-order chi connectivity index (χ1) is 20.1. The van der Waals surface area contributed by atoms with Crippen molar-refractivity contribution in [2.45, 2.75) is 160 Å². The molecule has 264 valence electrons. The Morgan fingerprint density at radius 1 is 0.409 bits per heavy atom. The van der Waals surface area contributed by atoms with Crippen LogP contribution in [0, 0.1) is 35.5 Å². The van der Waals surface area contributed by atoms with Crippen LogP contribution >= 0.6 is 0 Å². The van der Waals surface area contributed by atoms with Crippen LogP contribution in [0.25, 0.3) is 0 Å². The van der Waals surface area contributed by atoms with E-state index in [0.29, 0.717) is 0 Å². The van der Waals surface area contributed by atoms with Crippen molar-refractivity contribution in [3.63, 3.8) is 0 Å². The SMILES string of the molecule is CC[N+]1(C)C(C)C(C)C(C)C1C.CC[N+]1(C)C(C)CC(C)C1C.CC[N+]1(C)CC(C)C(C)C1C.CC[N+]1(C)CC(C)CC1C. The lowest BCUT2D eigenvalue weighted by Gasteiger charge is -2.38. The third kappa shape index (κ3) is 8.65. The second-order valence-corrected chi connectivity index (χ2v) is 18.1. The van der Waals surface area contributed by atoms with E-state index in [2.05, 4.69) is 139 Å². The van der Waals surface area contributed by atoms with Gasteiger partial charge in [0.05, 0.1) is 104 Å². The molecule has 4 fully saturated rings. The minimum atomic E-state index is 0.833. The van der Waals surface area contributed by atoms with Crippen molar-refractivity contribution < 1.29 is 17.9 Å². The fraction of sp³-hybridized carbons (Fsp3) is 1.00. The summed E-state index contributed by atoms with van der Waals surface area (Å²) in [4.78, 5) is 0. The lowest BCUT2D eigenvalue weighted by molar-refractivity contribution is -0.941. The Morgan fingerprint density at radius 3 is 1.05 bits per heavy atom. The zero-order valence-electron chi connectivity index (χ0n) is 34.4. The summed E-state index contributed by atoms with van der Waals surface area (Å²) in [6.45, 7) is 45.9. The molecule has 0 aromatic rings. The van der Waals surface area contributed by atoms with Gasteiger partial charge in [0, 0.05) is 48.3 Å². The highest BCUT2D eigenvalue weighted by molar-refractivity contribution is 4.82. The third-order valence-electron chi connectivity index (χ3n) is 16.4. The van der Waals surface area contributed by atoms with Crippen molar-refractivity contribution in [1.82, 2.24) is 0 Å². The fourth-order valence-electron chi connectivity index (χ4n) is 10.2. The highest BCUT2D eigenvalue weighted by Crippen LogP contribution is 2.39. The molecule has 4 heteroatoms. The Morgan fingerprint density at radius 2 is 0.864 bits per heavy atom. The van der Waals surface area contributed by atoms with Gasteiger partial charge in [-0.3, -0.25) is 0 Å². The van der Waals surface area contributed by atoms with Gasteiger partial charge in [-0.05, 0) is 69.2 Å². The van der Waals surface area contributed by atoms with E-state index in [1.54, 1.807) is 0 Å². The summed E-state index contributed by atoms with van der Waals surface area (Å²) < 4.78 is 5.12. The van der Waals surface area contributed by atoms with Gasteiger partial charge in [0.2, 0.25) is 0 Å². The van der Waals surface area contributed by atoms with Gasteiger partial charge < -0.3 is 17.9 Å². The Bertz CT molecular complexity index is 831. The minimum absolute atomic E-state index is 0.833. The predicted molar refractivity (Wildman–Crippen MR) is 198 cm³/mol. The maximum absolute atomic E-state index is 2.41. The molecule has 4 aliphatic heterocycles. The van der Waals surface area contributed by atoms with E-state index in [-0.39, 0.29) is 0 Å². The molecule has 0 saturated carbocycles. The summed E-state index contributed by atoms with van der Waals surface area (Å²) in [5, 5.41) is 0. The van der Waals surface area contributed by atoms with Gasteiger partial charge in [0.15, 0.2) is 0 Å². The molecule has 0 aromatic carbocycles. The summed E-state index contributed by atoms with van der Waals surface area (Å²) in [7, 11) is 9.59. The van der Waals surface area contributed by atoms with Gasteiger partial charge >= 0.3 is 0 Å². The monoisotopic (exact) mass is 625 g/mol. The van der Waals surface area contributed by atoms with Gasteiger partial charge in [0.1, 0.15) is 0 Å². The van der Waals surface area contributed by atoms with Crippen LogP contribution in [0.1, 0.15) is 124 Å². The van der Waals surface area contributed by atoms with Gasteiger partial charge in [0.25, 0.3) is 0 Å². The number of likely N-dealkylation sites (tertiary alicyclic amines) is 4. The Kier molecular flexibility index (Phi) is 15.5. The smallest absolute Gasteiger partial charge is 0.0892 e. The number of hydrogen-bond acceptors (Lipinski definition) is 0. The standard InChI is InChI=1S/C11H24N.2C10H22N.C9H20N/c1-7-12(6)10(4)8(2)9(3)11(12)5;1-6-11(5)7-8(2)9(3)10(11)4;1-6-11(5)9(3)7-8(2)10(11)4;1-5-10(4)7-8(2)6-9(10)3/h8-11H,7H2,1-6H3;2*8-10H,6-7H2,1-5H3;8-9H,5-7H2,1-4H3/q4*+1. The van der Waals surface area contributed by atoms with Gasteiger partial charge in [-0.15, -0.1) is 0 Å². The van der Waals surface area contributed by atoms with Gasteiger partial charge in [-0.1, -0.05) is 41.5 Å². The van der Waals surface area contributed by atoms with Crippen LogP contribution in [0.4, 0.5) is 0 Å². The van der Waals surface area contributed by atoms with Gasteiger partial charge in [-0.25, -0.2) is 0 Å². The van der Waals surface area contributed by atoms with Crippen LogP contribution < -0.4 is 0 Å². The van der Waals surface area contributed by atoms with Crippen molar-refractivity contribution in [2.75, 3.05) is 67.5 Å². The first kappa shape index (κ1) is 41.9. The normalized spacial score (nSPS) is 51.5. The molecule has 15 unspecified atom stereocenters. The molecule has 4 heterocycles. The topological polar surface area (TPSA) is 0 Å². The molecule has 4 rings (SSSR count). The average Bonchev–Trinajstić information content (AvgIpc) is 3.51. The molecule has 0 bridgehead atoms. The first-order valence-corrected chi connectivity index (χ1v) is 19.4. The second-order valence-electron chi connectivity index (χ2n) is 18.1. The zero-order chi connectivity index (χ0) is 34.6. The van der Waals surface area contributed by atoms with Crippen molar-refractivity contribution >= 4 is 0 Å². The zero-order valence-corrected chi connectivity index (χ0v) is 34.4. The lowest BCUT2D eigenvalue weighted by Crippen LogP contribution is -2.52. The number of rotatable bonds is 4. The summed E-state index contributed by atoms with van der Waals surface area (Å²) in [5.74, 6) is 5.43. The fourth-order valence-corrected chi connectivity index (χ4v) is 10.2. The third-order valence-corrected chi connectivity index (χ3v) is 16.4. The Balaban J connectivity index is 0.000000294. The molecular weight excluding hydrogens is 536 g/mol. The highest BCUT2D eigenvalue weighted by atomic mass is 15.4. The summed E-state index contributed by atoms with van der Waals surface area (Å²) in [6, 6.07) is 5.13. The quantitative estimate of drug-likeness (QED) is 0.274. The van der Waals surface area contributed by atoms with Crippen molar-refractivity contribution in [1.29, 1.82) is 0 Å². The van der Waals surface area contributed by atoms with E-state index >= 15 is 0 Å². The summed E-state index contributed by atoms with van der Waals surface area (Å²) in [5.41, 5.74) is 0. The predicted octanol–water partition coefficient (Wildman–Crippen LogP) is 8.79. The van der Waals surface area contributed by atoms with Crippen molar-refractivity contribution in [3.8, 4) is 0 Å². The molecule has 44 heavy (non-hydrogen) atoms. The molecule has 15 atom stereocenters. The number of nitrogens with zero attached hydrogens (tertiary/aromatic N) is 4. The Labute approximate surface area is 280 Å². The van der Waals surface area contributed by atoms with Crippen LogP contribution in [0.3, 0.4) is 0 Å². The largest absolute Gasteiger partial charge is 0.324 e. The lowest BCUT2D eigenvalue weighted by atomic mass is 9.92. The van der Waals surface area contributed by atoms with Crippen LogP contribution in [-0.2, 0) is 0 Å². The molecule has 0 N–H and O–H groups in total. The van der Waals surface area contributed by atoms with Crippen LogP contribution in [0.2, 0.25) is 0 Å². The summed E-state index contributed by atoms with van der Waals surface area (Å²) >= 11 is 0. The van der Waals surface area contributed by atoms with E-state index in [4.69, 9.17) is 0 Å². The molecular formula is C40H88N4+4. The maximum Gasteiger partial charge on any atom is 0.0892 e. The second kappa shape index (κ2) is 16.3. The van der Waals surface area contributed by atoms with Gasteiger partial charge in [-0.2, -0.15) is 0 Å². The van der Waals surface area contributed by atoms with E-state index in [9.17, 15) is 0 Å². The van der Waals surface area contributed by atoms with Crippen LogP contribution in [-0.4, -0.2) is 122 Å². The average molecular weight is 625 g/mol. The van der Waals surface area contributed by atoms with Crippen molar-refractivity contribution in [3.05, 3.63) is 0 Å². The number of quaternary nitrogens is 4. The molecule has 0 radical (unpaired) electrons. The molecule has 4 saturated heterocycles. The van der Waals surface area contributed by atoms with E-state index in [1.807, 2.05) is 0 Å². The van der Waals surface area contributed by atoms with Crippen LogP contribution in [0.15, 0.2) is 0 Å². The summed E-state index contributed by atoms with van der Waals surface area (Å²) in [6.07, 6.45) is 2.83. The molecule has 4 nitrogen and oxygen atoms in total. The highest BCUT2D eigenvalue weighted by Gasteiger charge is 2.49. The van der Waals surface area contributed by atoms with E-state index < -0.39 is 0 Å². The molecule has 0 aromatic heterocycles. The Hall–Kier alpha value is -0.160.